The van der Waals surface area contributed by atoms with E-state index >= 15 is 0 Å². The van der Waals surface area contributed by atoms with Gasteiger partial charge in [-0.3, -0.25) is 4.79 Å². The second-order valence-corrected chi connectivity index (χ2v) is 5.71. The van der Waals surface area contributed by atoms with Gasteiger partial charge in [-0.15, -0.1) is 5.10 Å². The molecule has 2 aromatic heterocycles. The topological polar surface area (TPSA) is 72.7 Å². The van der Waals surface area contributed by atoms with Gasteiger partial charge in [-0.25, -0.2) is 4.98 Å². The third-order valence-corrected chi connectivity index (χ3v) is 4.01. The van der Waals surface area contributed by atoms with E-state index in [-0.39, 0.29) is 5.91 Å². The Balaban J connectivity index is 1.50. The number of nitrogens with one attached hydrogen (secondary N) is 1. The highest BCUT2D eigenvalue weighted by molar-refractivity contribution is 7.03. The van der Waals surface area contributed by atoms with E-state index in [1.807, 2.05) is 12.3 Å². The molecular formula is C16H17N5OS. The normalized spacial score (nSPS) is 10.6. The first-order chi connectivity index (χ1) is 11.3. The lowest BCUT2D eigenvalue weighted by Gasteiger charge is -2.08. The van der Waals surface area contributed by atoms with Gasteiger partial charge in [-0.1, -0.05) is 34.8 Å². The molecule has 0 fully saturated rings. The van der Waals surface area contributed by atoms with Crippen LogP contribution in [0.4, 0.5) is 0 Å². The van der Waals surface area contributed by atoms with E-state index in [0.29, 0.717) is 12.2 Å². The summed E-state index contributed by atoms with van der Waals surface area (Å²) in [7, 11) is 0. The zero-order chi connectivity index (χ0) is 15.9. The Hall–Kier alpha value is -2.54. The number of nitrogens with zero attached hydrogens (tertiary/aromatic N) is 4. The van der Waals surface area contributed by atoms with Crippen molar-refractivity contribution in [1.82, 2.24) is 24.5 Å². The molecule has 0 aliphatic rings. The number of hydrogen-bond donors (Lipinski definition) is 1. The van der Waals surface area contributed by atoms with E-state index in [4.69, 9.17) is 0 Å². The molecular weight excluding hydrogens is 310 g/mol. The summed E-state index contributed by atoms with van der Waals surface area (Å²) in [6.07, 6.45) is 5.75. The molecule has 0 bridgehead atoms. The molecule has 118 valence electrons. The predicted molar refractivity (Wildman–Crippen MR) is 88.1 cm³/mol. The number of benzene rings is 1. The molecule has 3 aromatic rings. The van der Waals surface area contributed by atoms with Crippen molar-refractivity contribution >= 4 is 17.4 Å². The molecule has 0 saturated carbocycles. The van der Waals surface area contributed by atoms with Gasteiger partial charge in [0.1, 0.15) is 5.82 Å². The first-order valence-corrected chi connectivity index (χ1v) is 8.26. The lowest BCUT2D eigenvalue weighted by Crippen LogP contribution is -2.25. The summed E-state index contributed by atoms with van der Waals surface area (Å²) in [5.74, 6) is 0.618. The van der Waals surface area contributed by atoms with E-state index in [1.54, 1.807) is 11.6 Å². The van der Waals surface area contributed by atoms with Crippen LogP contribution >= 0.6 is 11.5 Å². The minimum Gasteiger partial charge on any atom is -0.343 e. The molecule has 1 aromatic carbocycles. The van der Waals surface area contributed by atoms with Crippen LogP contribution in [0, 0.1) is 0 Å². The molecule has 1 amide bonds. The monoisotopic (exact) mass is 327 g/mol. The van der Waals surface area contributed by atoms with Gasteiger partial charge < -0.3 is 9.88 Å². The maximum absolute atomic E-state index is 11.9. The maximum atomic E-state index is 11.9. The molecule has 0 aliphatic carbocycles. The van der Waals surface area contributed by atoms with Gasteiger partial charge in [0, 0.05) is 24.3 Å². The van der Waals surface area contributed by atoms with Crippen LogP contribution in [0.5, 0.6) is 0 Å². The zero-order valence-electron chi connectivity index (χ0n) is 12.6. The molecule has 2 heterocycles. The molecule has 0 spiro atoms. The van der Waals surface area contributed by atoms with Crippen molar-refractivity contribution in [3.8, 4) is 0 Å². The van der Waals surface area contributed by atoms with E-state index < -0.39 is 0 Å². The van der Waals surface area contributed by atoms with Gasteiger partial charge in [-0.2, -0.15) is 0 Å². The fourth-order valence-electron chi connectivity index (χ4n) is 2.32. The Morgan fingerprint density at radius 2 is 2.13 bits per heavy atom. The highest BCUT2D eigenvalue weighted by Gasteiger charge is 2.10. The number of rotatable bonds is 7. The number of aromatic nitrogens is 4. The number of amides is 1. The quantitative estimate of drug-likeness (QED) is 0.723. The molecule has 6 nitrogen and oxygen atoms in total. The molecule has 0 aliphatic heterocycles. The minimum absolute atomic E-state index is 0.224. The lowest BCUT2D eigenvalue weighted by atomic mass is 10.1. The molecule has 0 saturated heterocycles. The van der Waals surface area contributed by atoms with Gasteiger partial charge in [0.2, 0.25) is 0 Å². The van der Waals surface area contributed by atoms with Crippen LogP contribution in [-0.2, 0) is 19.5 Å². The van der Waals surface area contributed by atoms with Crippen LogP contribution in [-0.4, -0.2) is 25.0 Å². The summed E-state index contributed by atoms with van der Waals surface area (Å²) in [5, 5.41) is 8.20. The Labute approximate surface area is 138 Å². The Morgan fingerprint density at radius 3 is 2.91 bits per heavy atom. The largest absolute Gasteiger partial charge is 0.343 e. The maximum Gasteiger partial charge on any atom is 0.273 e. The fraction of sp³-hybridized carbons (Fsp3) is 0.250. The van der Waals surface area contributed by atoms with Gasteiger partial charge >= 0.3 is 0 Å². The molecule has 0 radical (unpaired) electrons. The molecule has 3 rings (SSSR count). The highest BCUT2D eigenvalue weighted by atomic mass is 32.1. The van der Waals surface area contributed by atoms with E-state index in [9.17, 15) is 4.79 Å². The van der Waals surface area contributed by atoms with Crippen LogP contribution in [0.2, 0.25) is 0 Å². The summed E-state index contributed by atoms with van der Waals surface area (Å²) in [6.45, 7) is 1.26. The van der Waals surface area contributed by atoms with Crippen LogP contribution in [0.3, 0.4) is 0 Å². The number of carbonyl (C=O) groups is 1. The molecule has 23 heavy (non-hydrogen) atoms. The van der Waals surface area contributed by atoms with Gasteiger partial charge in [-0.05, 0) is 29.9 Å². The number of hydrogen-bond acceptors (Lipinski definition) is 5. The van der Waals surface area contributed by atoms with Crippen molar-refractivity contribution in [3.63, 3.8) is 0 Å². The van der Waals surface area contributed by atoms with Crippen molar-refractivity contribution in [3.05, 3.63) is 65.2 Å². The summed E-state index contributed by atoms with van der Waals surface area (Å²) in [4.78, 5) is 16.2. The number of carbonyl (C=O) groups excluding carboxylic acids is 1. The zero-order valence-corrected chi connectivity index (χ0v) is 13.4. The smallest absolute Gasteiger partial charge is 0.273 e. The number of aryl methyl sites for hydroxylation is 2. The number of imidazole rings is 1. The SMILES string of the molecule is O=C(NCc1nccn1CCCc1ccccc1)c1csnn1. The second kappa shape index (κ2) is 7.64. The van der Waals surface area contributed by atoms with Crippen molar-refractivity contribution in [2.24, 2.45) is 0 Å². The molecule has 0 atom stereocenters. The molecule has 7 heteroatoms. The Bertz CT molecular complexity index is 739. The lowest BCUT2D eigenvalue weighted by molar-refractivity contribution is 0.0944. The van der Waals surface area contributed by atoms with Crippen LogP contribution < -0.4 is 5.32 Å². The predicted octanol–water partition coefficient (Wildman–Crippen LogP) is 2.30. The first kappa shape index (κ1) is 15.4. The van der Waals surface area contributed by atoms with Crippen molar-refractivity contribution < 1.29 is 4.79 Å². The fourth-order valence-corrected chi connectivity index (χ4v) is 2.76. The second-order valence-electron chi connectivity index (χ2n) is 5.10. The third kappa shape index (κ3) is 4.23. The first-order valence-electron chi connectivity index (χ1n) is 7.42. The van der Waals surface area contributed by atoms with Crippen LogP contribution in [0.1, 0.15) is 28.3 Å². The minimum atomic E-state index is -0.224. The van der Waals surface area contributed by atoms with Crippen molar-refractivity contribution in [2.75, 3.05) is 0 Å². The van der Waals surface area contributed by atoms with E-state index in [2.05, 4.69) is 48.7 Å². The summed E-state index contributed by atoms with van der Waals surface area (Å²) in [6, 6.07) is 10.4. The summed E-state index contributed by atoms with van der Waals surface area (Å²) in [5.41, 5.74) is 1.68. The van der Waals surface area contributed by atoms with Gasteiger partial charge in [0.05, 0.1) is 6.54 Å². The molecule has 1 N–H and O–H groups in total. The third-order valence-electron chi connectivity index (χ3n) is 3.51. The highest BCUT2D eigenvalue weighted by Crippen LogP contribution is 2.06. The standard InChI is InChI=1S/C16H17N5OS/c22-16(14-12-23-20-19-14)18-11-15-17-8-10-21(15)9-4-7-13-5-2-1-3-6-13/h1-3,5-6,8,10,12H,4,7,9,11H2,(H,18,22). The average Bonchev–Trinajstić information content (AvgIpc) is 3.26. The molecule has 0 unspecified atom stereocenters. The van der Waals surface area contributed by atoms with Crippen molar-refractivity contribution in [2.45, 2.75) is 25.9 Å². The Morgan fingerprint density at radius 1 is 1.26 bits per heavy atom. The van der Waals surface area contributed by atoms with E-state index in [0.717, 1.165) is 36.7 Å². The van der Waals surface area contributed by atoms with Crippen LogP contribution in [0.25, 0.3) is 0 Å². The average molecular weight is 327 g/mol. The van der Waals surface area contributed by atoms with Crippen molar-refractivity contribution in [1.29, 1.82) is 0 Å². The van der Waals surface area contributed by atoms with Gasteiger partial charge in [0.25, 0.3) is 5.91 Å². The summed E-state index contributed by atoms with van der Waals surface area (Å²) < 4.78 is 5.76. The Kier molecular flexibility index (Phi) is 5.10. The van der Waals surface area contributed by atoms with E-state index in [1.165, 1.54) is 5.56 Å². The van der Waals surface area contributed by atoms with Gasteiger partial charge in [0.15, 0.2) is 5.69 Å². The summed E-state index contributed by atoms with van der Waals surface area (Å²) >= 11 is 1.16. The van der Waals surface area contributed by atoms with Crippen LogP contribution in [0.15, 0.2) is 48.1 Å².